The molecule has 40 heavy (non-hydrogen) atoms. The molecule has 0 bridgehead atoms. The molecule has 6 rings (SSSR count). The Morgan fingerprint density at radius 1 is 0.325 bits per heavy atom. The standard InChI is InChI=1S/C36H30NP3/c1-7-19-31(20-8-1)38(32-21-9-2-10-22-32)37-40(35-27-15-5-16-28-35,36-29-17-6-18-30-36)39(33-23-11-3-12-24-33)34-25-13-4-14-26-34/h1-30H. The third kappa shape index (κ3) is 5.52. The zero-order valence-corrected chi connectivity index (χ0v) is 24.8. The molecule has 0 spiro atoms. The second-order valence-corrected chi connectivity index (χ2v) is 18.5. The van der Waals surface area contributed by atoms with Gasteiger partial charge in [0.1, 0.15) is 0 Å². The van der Waals surface area contributed by atoms with Crippen molar-refractivity contribution >= 4 is 54.3 Å². The van der Waals surface area contributed by atoms with Gasteiger partial charge in [-0.05, 0) is 10.6 Å². The minimum Gasteiger partial charge on any atom is -0.256 e. The van der Waals surface area contributed by atoms with Crippen molar-refractivity contribution in [1.29, 1.82) is 0 Å². The molecule has 0 radical (unpaired) electrons. The molecule has 0 unspecified atom stereocenters. The third-order valence-corrected chi connectivity index (χ3v) is 19.5. The van der Waals surface area contributed by atoms with Crippen molar-refractivity contribution in [2.24, 2.45) is 4.52 Å². The highest BCUT2D eigenvalue weighted by atomic mass is 32.1. The van der Waals surface area contributed by atoms with E-state index in [1.807, 2.05) is 0 Å². The summed E-state index contributed by atoms with van der Waals surface area (Å²) in [5, 5.41) is 7.89. The summed E-state index contributed by atoms with van der Waals surface area (Å²) in [5.41, 5.74) is 0. The van der Waals surface area contributed by atoms with Crippen molar-refractivity contribution in [3.8, 4) is 0 Å². The fourth-order valence-corrected chi connectivity index (χ4v) is 19.4. The molecule has 0 aromatic heterocycles. The molecule has 0 aliphatic carbocycles. The van der Waals surface area contributed by atoms with Crippen LogP contribution in [0.25, 0.3) is 0 Å². The molecule has 6 aromatic carbocycles. The van der Waals surface area contributed by atoms with Crippen molar-refractivity contribution in [2.45, 2.75) is 0 Å². The van der Waals surface area contributed by atoms with Crippen molar-refractivity contribution in [3.05, 3.63) is 182 Å². The van der Waals surface area contributed by atoms with E-state index in [-0.39, 0.29) is 0 Å². The highest BCUT2D eigenvalue weighted by Gasteiger charge is 2.38. The van der Waals surface area contributed by atoms with Crippen LogP contribution in [-0.2, 0) is 0 Å². The molecule has 194 valence electrons. The molecule has 0 N–H and O–H groups in total. The molecule has 0 amide bonds. The lowest BCUT2D eigenvalue weighted by molar-refractivity contribution is 1.72. The normalized spacial score (nSPS) is 11.4. The van der Waals surface area contributed by atoms with Crippen LogP contribution in [0, 0.1) is 0 Å². The van der Waals surface area contributed by atoms with Crippen LogP contribution in [0.1, 0.15) is 0 Å². The Labute approximate surface area is 240 Å². The highest BCUT2D eigenvalue weighted by molar-refractivity contribution is 8.46. The van der Waals surface area contributed by atoms with Crippen LogP contribution < -0.4 is 31.8 Å². The SMILES string of the molecule is c1ccc(P(N=P(c2ccccc2)(c2ccccc2)P(c2ccccc2)c2ccccc2)c2ccccc2)cc1. The van der Waals surface area contributed by atoms with Gasteiger partial charge in [0.15, 0.2) is 0 Å². The van der Waals surface area contributed by atoms with Crippen LogP contribution in [0.4, 0.5) is 0 Å². The molecule has 1 nitrogen and oxygen atoms in total. The Kier molecular flexibility index (Phi) is 8.47. The van der Waals surface area contributed by atoms with Gasteiger partial charge < -0.3 is 0 Å². The maximum atomic E-state index is 6.25. The van der Waals surface area contributed by atoms with E-state index >= 15 is 0 Å². The number of benzene rings is 6. The molecule has 0 heterocycles. The second kappa shape index (κ2) is 12.7. The summed E-state index contributed by atoms with van der Waals surface area (Å²) in [4.78, 5) is 0. The Bertz CT molecular complexity index is 1550. The zero-order valence-electron chi connectivity index (χ0n) is 22.1. The van der Waals surface area contributed by atoms with Gasteiger partial charge in [-0.15, -0.1) is 0 Å². The second-order valence-electron chi connectivity index (χ2n) is 9.33. The molecule has 4 heteroatoms. The van der Waals surface area contributed by atoms with E-state index in [9.17, 15) is 0 Å². The monoisotopic (exact) mass is 569 g/mol. The molecule has 0 fully saturated rings. The summed E-state index contributed by atoms with van der Waals surface area (Å²) in [6.07, 6.45) is 0. The predicted molar refractivity (Wildman–Crippen MR) is 180 cm³/mol. The first kappa shape index (κ1) is 26.6. The fraction of sp³-hybridized carbons (Fsp3) is 0. The number of hydrogen-bond donors (Lipinski definition) is 0. The van der Waals surface area contributed by atoms with Crippen LogP contribution in [0.2, 0.25) is 0 Å². The van der Waals surface area contributed by atoms with E-state index in [0.717, 1.165) is 0 Å². The lowest BCUT2D eigenvalue weighted by Gasteiger charge is -2.37. The van der Waals surface area contributed by atoms with Gasteiger partial charge in [0.25, 0.3) is 0 Å². The molecule has 0 aliphatic rings. The van der Waals surface area contributed by atoms with Crippen LogP contribution >= 0.6 is 22.4 Å². The lowest BCUT2D eigenvalue weighted by Crippen LogP contribution is -2.24. The van der Waals surface area contributed by atoms with Crippen molar-refractivity contribution in [3.63, 3.8) is 0 Å². The van der Waals surface area contributed by atoms with Gasteiger partial charge in [-0.25, -0.2) is 0 Å². The third-order valence-electron chi connectivity index (χ3n) is 6.74. The Morgan fingerprint density at radius 2 is 0.600 bits per heavy atom. The van der Waals surface area contributed by atoms with Gasteiger partial charge in [-0.3, -0.25) is 4.52 Å². The summed E-state index contributed by atoms with van der Waals surface area (Å²) < 4.78 is 6.25. The first-order valence-electron chi connectivity index (χ1n) is 13.4. The predicted octanol–water partition coefficient (Wildman–Crippen LogP) is 7.93. The molecule has 0 saturated carbocycles. The highest BCUT2D eigenvalue weighted by Crippen LogP contribution is 2.77. The summed E-state index contributed by atoms with van der Waals surface area (Å²) in [5.74, 6) is 0. The topological polar surface area (TPSA) is 12.4 Å². The zero-order chi connectivity index (χ0) is 27.0. The van der Waals surface area contributed by atoms with E-state index < -0.39 is 22.4 Å². The van der Waals surface area contributed by atoms with Gasteiger partial charge in [-0.2, -0.15) is 0 Å². The average Bonchev–Trinajstić information content (AvgIpc) is 3.05. The van der Waals surface area contributed by atoms with E-state index in [0.29, 0.717) is 0 Å². The first-order chi connectivity index (χ1) is 19.9. The maximum absolute atomic E-state index is 6.25. The van der Waals surface area contributed by atoms with Gasteiger partial charge >= 0.3 is 0 Å². The molecular formula is C36H30NP3. The average molecular weight is 570 g/mol. The Balaban J connectivity index is 1.79. The largest absolute Gasteiger partial charge is 0.256 e. The Morgan fingerprint density at radius 3 is 0.925 bits per heavy atom. The summed E-state index contributed by atoms with van der Waals surface area (Å²) >= 11 is 0. The minimum absolute atomic E-state index is 0.904. The van der Waals surface area contributed by atoms with Crippen LogP contribution in [0.3, 0.4) is 0 Å². The van der Waals surface area contributed by atoms with Crippen molar-refractivity contribution < 1.29 is 0 Å². The van der Waals surface area contributed by atoms with Gasteiger partial charge in [-0.1, -0.05) is 182 Å². The molecule has 0 atom stereocenters. The number of rotatable bonds is 8. The summed E-state index contributed by atoms with van der Waals surface area (Å²) in [7, 11) is -1.91. The van der Waals surface area contributed by atoms with Gasteiger partial charge in [0.05, 0.1) is 14.8 Å². The summed E-state index contributed by atoms with van der Waals surface area (Å²) in [6.45, 7) is -2.42. The quantitative estimate of drug-likeness (QED) is 0.165. The smallest absolute Gasteiger partial charge is 0.0775 e. The van der Waals surface area contributed by atoms with E-state index in [4.69, 9.17) is 4.52 Å². The van der Waals surface area contributed by atoms with E-state index in [2.05, 4.69) is 182 Å². The Hall–Kier alpha value is -3.59. The van der Waals surface area contributed by atoms with Crippen molar-refractivity contribution in [2.75, 3.05) is 0 Å². The van der Waals surface area contributed by atoms with Gasteiger partial charge in [0, 0.05) is 28.8 Å². The van der Waals surface area contributed by atoms with Crippen LogP contribution in [0.5, 0.6) is 0 Å². The number of nitrogens with zero attached hydrogens (tertiary/aromatic N) is 1. The summed E-state index contributed by atoms with van der Waals surface area (Å²) in [6, 6.07) is 66.2. The van der Waals surface area contributed by atoms with Crippen molar-refractivity contribution in [1.82, 2.24) is 0 Å². The van der Waals surface area contributed by atoms with E-state index in [1.165, 1.54) is 31.8 Å². The first-order valence-corrected chi connectivity index (χ1v) is 18.5. The van der Waals surface area contributed by atoms with Crippen LogP contribution in [0.15, 0.2) is 187 Å². The van der Waals surface area contributed by atoms with Gasteiger partial charge in [0.2, 0.25) is 0 Å². The lowest BCUT2D eigenvalue weighted by atomic mass is 10.4. The molecular weight excluding hydrogens is 539 g/mol. The number of hydrogen-bond acceptors (Lipinski definition) is 1. The maximum Gasteiger partial charge on any atom is 0.0775 e. The van der Waals surface area contributed by atoms with E-state index in [1.54, 1.807) is 0 Å². The van der Waals surface area contributed by atoms with Crippen LogP contribution in [-0.4, -0.2) is 0 Å². The molecule has 0 saturated heterocycles. The minimum atomic E-state index is -2.42. The fourth-order valence-electron chi connectivity index (χ4n) is 4.94. The molecule has 6 aromatic rings. The molecule has 0 aliphatic heterocycles.